The van der Waals surface area contributed by atoms with Gasteiger partial charge in [0, 0.05) is 26.2 Å². The van der Waals surface area contributed by atoms with Gasteiger partial charge in [-0.15, -0.1) is 0 Å². The second-order valence-electron chi connectivity index (χ2n) is 15.2. The van der Waals surface area contributed by atoms with E-state index in [0.717, 1.165) is 17.5 Å². The zero-order valence-corrected chi connectivity index (χ0v) is 32.5. The number of phenolic OH excluding ortho intramolecular Hbond substituents is 1. The first-order valence-electron chi connectivity index (χ1n) is 17.8. The van der Waals surface area contributed by atoms with Gasteiger partial charge in [0.05, 0.1) is 30.8 Å². The number of benzene rings is 1. The van der Waals surface area contributed by atoms with E-state index in [2.05, 4.69) is 21.3 Å². The molecule has 0 spiro atoms. The first-order chi connectivity index (χ1) is 25.4. The number of carbonyl (C=O) groups is 8. The molecule has 304 valence electrons. The molecule has 1 aromatic rings. The number of Topliss-reactive ketones (excluding diaryl/α,β-unsaturated/α-hetero) is 2. The van der Waals surface area contributed by atoms with Crippen LogP contribution in [0.5, 0.6) is 5.75 Å². The van der Waals surface area contributed by atoms with E-state index in [9.17, 15) is 62.1 Å². The Balaban J connectivity index is 1.85. The Morgan fingerprint density at radius 3 is 1.93 bits per heavy atom. The quantitative estimate of drug-likeness (QED) is 0.0907. The van der Waals surface area contributed by atoms with Crippen LogP contribution in [0.2, 0.25) is 0 Å². The molecule has 2 bridgehead atoms. The van der Waals surface area contributed by atoms with Crippen LogP contribution in [0.4, 0.5) is 0 Å². The standard InChI is InChI=1S/C36H51N5O13S/c1-19(2)31(40-32(50)24(11-12-29(46)47)38-33(51)26(37-20(3)42)15-21-7-9-23(43)10-8-21)34(52)39-25(17-30(48)49)27(44)18-41(55(6,53)54)36-14-13-22(16-28(36)45)35(36,4)5/h7-10,19,22,24-26,31,43H,11-18H2,1-6H3,(H,37,42)(H,38,51)(H,39,52)(H,40,50)(H,46,47)(H,48,49). The number of nitrogens with zero attached hydrogens (tertiary/aromatic N) is 1. The highest BCUT2D eigenvalue weighted by molar-refractivity contribution is 7.88. The molecule has 2 aliphatic rings. The monoisotopic (exact) mass is 793 g/mol. The van der Waals surface area contributed by atoms with Gasteiger partial charge in [-0.3, -0.25) is 38.4 Å². The minimum atomic E-state index is -4.23. The summed E-state index contributed by atoms with van der Waals surface area (Å²) in [5.74, 6) is -8.53. The van der Waals surface area contributed by atoms with Crippen LogP contribution in [0.3, 0.4) is 0 Å². The molecular weight excluding hydrogens is 742 g/mol. The average molecular weight is 794 g/mol. The van der Waals surface area contributed by atoms with Crippen LogP contribution < -0.4 is 21.3 Å². The zero-order valence-electron chi connectivity index (χ0n) is 31.7. The van der Waals surface area contributed by atoms with Crippen molar-refractivity contribution in [2.45, 2.75) is 109 Å². The summed E-state index contributed by atoms with van der Waals surface area (Å²) in [5.41, 5.74) is -1.83. The van der Waals surface area contributed by atoms with E-state index in [1.54, 1.807) is 13.8 Å². The Bertz CT molecular complexity index is 1800. The lowest BCUT2D eigenvalue weighted by Gasteiger charge is -2.44. The molecule has 0 aromatic heterocycles. The van der Waals surface area contributed by atoms with Crippen molar-refractivity contribution in [1.29, 1.82) is 0 Å². The topological polar surface area (TPSA) is 283 Å². The minimum absolute atomic E-state index is 0.0379. The van der Waals surface area contributed by atoms with Gasteiger partial charge in [-0.25, -0.2) is 8.42 Å². The molecule has 6 atom stereocenters. The smallest absolute Gasteiger partial charge is 0.305 e. The zero-order chi connectivity index (χ0) is 41.6. The van der Waals surface area contributed by atoms with Crippen molar-refractivity contribution in [1.82, 2.24) is 25.6 Å². The number of aromatic hydroxyl groups is 1. The number of hydrogen-bond donors (Lipinski definition) is 7. The molecule has 2 fully saturated rings. The van der Waals surface area contributed by atoms with E-state index >= 15 is 0 Å². The second kappa shape index (κ2) is 17.7. The van der Waals surface area contributed by atoms with Gasteiger partial charge in [-0.2, -0.15) is 4.31 Å². The summed E-state index contributed by atoms with van der Waals surface area (Å²) in [4.78, 5) is 103. The number of carboxylic acids is 2. The van der Waals surface area contributed by atoms with Crippen LogP contribution in [0.1, 0.15) is 78.7 Å². The second-order valence-corrected chi connectivity index (χ2v) is 17.1. The van der Waals surface area contributed by atoms with Crippen LogP contribution in [0, 0.1) is 17.3 Å². The number of nitrogens with one attached hydrogen (secondary N) is 4. The van der Waals surface area contributed by atoms with Crippen molar-refractivity contribution in [2.24, 2.45) is 17.3 Å². The fraction of sp³-hybridized carbons (Fsp3) is 0.611. The molecule has 3 rings (SSSR count). The van der Waals surface area contributed by atoms with E-state index < -0.39 is 118 Å². The van der Waals surface area contributed by atoms with Crippen molar-refractivity contribution in [2.75, 3.05) is 12.8 Å². The largest absolute Gasteiger partial charge is 0.508 e. The Labute approximate surface area is 319 Å². The van der Waals surface area contributed by atoms with Crippen molar-refractivity contribution in [3.63, 3.8) is 0 Å². The first-order valence-corrected chi connectivity index (χ1v) is 19.7. The van der Waals surface area contributed by atoms with Crippen LogP contribution >= 0.6 is 0 Å². The van der Waals surface area contributed by atoms with E-state index in [4.69, 9.17) is 0 Å². The third-order valence-electron chi connectivity index (χ3n) is 10.6. The molecule has 19 heteroatoms. The van der Waals surface area contributed by atoms with Gasteiger partial charge in [0.25, 0.3) is 0 Å². The van der Waals surface area contributed by atoms with Gasteiger partial charge >= 0.3 is 11.9 Å². The van der Waals surface area contributed by atoms with E-state index in [1.807, 2.05) is 0 Å². The van der Waals surface area contributed by atoms with Gasteiger partial charge in [0.1, 0.15) is 23.9 Å². The number of rotatable bonds is 20. The fourth-order valence-corrected chi connectivity index (χ4v) is 8.98. The number of carboxylic acid groups (broad SMARTS) is 2. The molecule has 2 saturated carbocycles. The maximum absolute atomic E-state index is 13.8. The maximum atomic E-state index is 13.8. The molecule has 55 heavy (non-hydrogen) atoms. The molecule has 18 nitrogen and oxygen atoms in total. The molecule has 6 unspecified atom stereocenters. The summed E-state index contributed by atoms with van der Waals surface area (Å²) >= 11 is 0. The average Bonchev–Trinajstić information content (AvgIpc) is 3.42. The summed E-state index contributed by atoms with van der Waals surface area (Å²) in [6.45, 7) is 6.81. The number of carbonyl (C=O) groups excluding carboxylic acids is 6. The number of fused-ring (bicyclic) bond motifs is 2. The van der Waals surface area contributed by atoms with Gasteiger partial charge in [0.2, 0.25) is 33.7 Å². The van der Waals surface area contributed by atoms with Crippen LogP contribution in [-0.4, -0.2) is 118 Å². The summed E-state index contributed by atoms with van der Waals surface area (Å²) < 4.78 is 27.2. The molecule has 1 aromatic carbocycles. The lowest BCUT2D eigenvalue weighted by Crippen LogP contribution is -2.63. The normalized spacial score (nSPS) is 20.9. The van der Waals surface area contributed by atoms with Gasteiger partial charge in [0.15, 0.2) is 11.6 Å². The van der Waals surface area contributed by atoms with Crippen molar-refractivity contribution < 1.29 is 62.1 Å². The molecule has 0 saturated heterocycles. The highest BCUT2D eigenvalue weighted by Crippen LogP contribution is 2.61. The Morgan fingerprint density at radius 2 is 1.45 bits per heavy atom. The van der Waals surface area contributed by atoms with Crippen molar-refractivity contribution in [3.8, 4) is 5.75 Å². The number of hydrogen-bond acceptors (Lipinski definition) is 11. The number of aliphatic carboxylic acids is 2. The van der Waals surface area contributed by atoms with Crippen LogP contribution in [-0.2, 0) is 54.8 Å². The van der Waals surface area contributed by atoms with Gasteiger partial charge in [-0.1, -0.05) is 39.8 Å². The lowest BCUT2D eigenvalue weighted by molar-refractivity contribution is -0.142. The molecule has 0 heterocycles. The number of phenols is 1. The van der Waals surface area contributed by atoms with Crippen LogP contribution in [0.15, 0.2) is 24.3 Å². The minimum Gasteiger partial charge on any atom is -0.508 e. The Hall–Kier alpha value is -4.91. The van der Waals surface area contributed by atoms with Crippen LogP contribution in [0.25, 0.3) is 0 Å². The SMILES string of the molecule is CC(=O)NC(Cc1ccc(O)cc1)C(=O)NC(CCC(=O)O)C(=O)NC(C(=O)NC(CC(=O)O)C(=O)CN(C12CCC(CC1=O)C2(C)C)S(C)(=O)=O)C(C)C. The van der Waals surface area contributed by atoms with E-state index in [1.165, 1.54) is 38.1 Å². The fourth-order valence-electron chi connectivity index (χ4n) is 7.63. The summed E-state index contributed by atoms with van der Waals surface area (Å²) in [6.07, 6.45) is -0.371. The Morgan fingerprint density at radius 1 is 0.873 bits per heavy atom. The summed E-state index contributed by atoms with van der Waals surface area (Å²) in [6, 6.07) is -0.281. The van der Waals surface area contributed by atoms with Gasteiger partial charge < -0.3 is 36.6 Å². The Kier molecular flexibility index (Phi) is 14.3. The van der Waals surface area contributed by atoms with Crippen molar-refractivity contribution >= 4 is 57.2 Å². The molecule has 2 aliphatic carbocycles. The predicted molar refractivity (Wildman–Crippen MR) is 195 cm³/mol. The van der Waals surface area contributed by atoms with E-state index in [-0.39, 0.29) is 36.7 Å². The predicted octanol–water partition coefficient (Wildman–Crippen LogP) is -0.132. The van der Waals surface area contributed by atoms with E-state index in [0.29, 0.717) is 12.0 Å². The number of amides is 4. The molecule has 7 N–H and O–H groups in total. The highest BCUT2D eigenvalue weighted by Gasteiger charge is 2.68. The molecule has 4 amide bonds. The molecule has 0 aliphatic heterocycles. The number of ketones is 2. The van der Waals surface area contributed by atoms with Crippen molar-refractivity contribution in [3.05, 3.63) is 29.8 Å². The van der Waals surface area contributed by atoms with Gasteiger partial charge in [-0.05, 0) is 54.2 Å². The first kappa shape index (κ1) is 44.5. The lowest BCUT2D eigenvalue weighted by atomic mass is 9.75. The summed E-state index contributed by atoms with van der Waals surface area (Å²) in [5, 5.41) is 38.2. The summed E-state index contributed by atoms with van der Waals surface area (Å²) in [7, 11) is -4.23. The molecule has 0 radical (unpaired) electrons. The maximum Gasteiger partial charge on any atom is 0.305 e. The third kappa shape index (κ3) is 10.7. The highest BCUT2D eigenvalue weighted by atomic mass is 32.2. The third-order valence-corrected chi connectivity index (χ3v) is 11.9. The molecular formula is C36H51N5O13S. The number of sulfonamides is 1.